The molecule has 2 amide bonds. The lowest BCUT2D eigenvalue weighted by atomic mass is 9.35. The summed E-state index contributed by atoms with van der Waals surface area (Å²) >= 11 is 0. The smallest absolute Gasteiger partial charge is 0.317 e. The van der Waals surface area contributed by atoms with Crippen molar-refractivity contribution in [2.45, 2.75) is 99.0 Å². The minimum absolute atomic E-state index is 0.0472. The third-order valence-electron chi connectivity index (χ3n) is 12.6. The zero-order valence-electron chi connectivity index (χ0n) is 25.5. The Labute approximate surface area is 234 Å². The van der Waals surface area contributed by atoms with Crippen LogP contribution in [0, 0.1) is 51.4 Å². The van der Waals surface area contributed by atoms with E-state index in [0.29, 0.717) is 0 Å². The molecule has 5 aliphatic carbocycles. The highest BCUT2D eigenvalue weighted by atomic mass is 16.2. The monoisotopic (exact) mass is 533 g/mol. The van der Waals surface area contributed by atoms with E-state index in [0.717, 1.165) is 50.5 Å². The minimum atomic E-state index is -0.655. The molecule has 7 atom stereocenters. The fourth-order valence-electron chi connectivity index (χ4n) is 10.1. The summed E-state index contributed by atoms with van der Waals surface area (Å²) in [5, 5.41) is 3.44. The number of nitrogens with one attached hydrogen (secondary N) is 1. The maximum absolute atomic E-state index is 14.5. The molecule has 5 aliphatic rings. The van der Waals surface area contributed by atoms with Gasteiger partial charge in [-0.15, -0.1) is 0 Å². The first-order chi connectivity index (χ1) is 17.9. The van der Waals surface area contributed by atoms with E-state index in [4.69, 9.17) is 6.57 Å². The highest BCUT2D eigenvalue weighted by molar-refractivity contribution is 6.03. The fraction of sp³-hybridized carbons (Fsp3) is 0.758. The van der Waals surface area contributed by atoms with Crippen molar-refractivity contribution in [3.05, 3.63) is 34.8 Å². The van der Waals surface area contributed by atoms with Crippen molar-refractivity contribution in [3.63, 3.8) is 0 Å². The van der Waals surface area contributed by atoms with Gasteiger partial charge >= 0.3 is 6.03 Å². The maximum Gasteiger partial charge on any atom is 0.317 e. The van der Waals surface area contributed by atoms with Gasteiger partial charge in [-0.25, -0.2) is 9.64 Å². The summed E-state index contributed by atoms with van der Waals surface area (Å²) in [5.74, 6) is 0.0371. The van der Waals surface area contributed by atoms with Crippen LogP contribution >= 0.6 is 0 Å². The fourth-order valence-corrected chi connectivity index (χ4v) is 10.1. The van der Waals surface area contributed by atoms with Gasteiger partial charge in [0.15, 0.2) is 11.6 Å². The van der Waals surface area contributed by atoms with E-state index in [1.165, 1.54) is 0 Å². The first kappa shape index (κ1) is 28.1. The van der Waals surface area contributed by atoms with E-state index >= 15 is 0 Å². The van der Waals surface area contributed by atoms with E-state index in [1.54, 1.807) is 19.0 Å². The van der Waals surface area contributed by atoms with Crippen LogP contribution < -0.4 is 5.32 Å². The van der Waals surface area contributed by atoms with Crippen LogP contribution in [-0.4, -0.2) is 42.1 Å². The Balaban J connectivity index is 1.67. The van der Waals surface area contributed by atoms with Gasteiger partial charge in [0, 0.05) is 36.4 Å². The number of rotatable bonds is 1. The van der Waals surface area contributed by atoms with Gasteiger partial charge in [0.1, 0.15) is 0 Å². The molecule has 2 unspecified atom stereocenters. The molecule has 6 heteroatoms. The molecule has 0 aromatic carbocycles. The summed E-state index contributed by atoms with van der Waals surface area (Å²) < 4.78 is 0. The molecule has 0 aromatic heterocycles. The maximum atomic E-state index is 14.5. The summed E-state index contributed by atoms with van der Waals surface area (Å²) in [6.45, 7) is 23.2. The number of carbonyl (C=O) groups excluding carboxylic acids is 3. The molecule has 5 rings (SSSR count). The van der Waals surface area contributed by atoms with Gasteiger partial charge in [-0.1, -0.05) is 60.1 Å². The normalized spacial score (nSPS) is 43.8. The Bertz CT molecular complexity index is 1250. The van der Waals surface area contributed by atoms with Gasteiger partial charge in [0.05, 0.1) is 6.57 Å². The first-order valence-corrected chi connectivity index (χ1v) is 14.8. The van der Waals surface area contributed by atoms with Crippen LogP contribution in [0.2, 0.25) is 0 Å². The lowest BCUT2D eigenvalue weighted by Gasteiger charge is -2.69. The van der Waals surface area contributed by atoms with Crippen LogP contribution in [0.4, 0.5) is 4.79 Å². The Hall–Kier alpha value is -2.42. The SMILES string of the molecule is [C-]#[N+]C1=C[C@]2(C)C3=CC(=O)C4C5CC(C)(C)CC[C@]5(NC(=O)N(C)C)CC[C@@]4(C)[C@]3(C)CC[C@H]2C(C)(C)C1=O. The number of carbonyl (C=O) groups is 3. The molecule has 3 fully saturated rings. The zero-order valence-corrected chi connectivity index (χ0v) is 25.5. The van der Waals surface area contributed by atoms with Gasteiger partial charge in [-0.05, 0) is 79.1 Å². The predicted octanol–water partition coefficient (Wildman–Crippen LogP) is 6.58. The van der Waals surface area contributed by atoms with Gasteiger partial charge in [-0.2, -0.15) is 0 Å². The van der Waals surface area contributed by atoms with Crippen molar-refractivity contribution in [1.29, 1.82) is 0 Å². The van der Waals surface area contributed by atoms with Crippen LogP contribution in [0.5, 0.6) is 0 Å². The van der Waals surface area contributed by atoms with Crippen LogP contribution in [-0.2, 0) is 9.59 Å². The van der Waals surface area contributed by atoms with E-state index in [2.05, 4.69) is 44.8 Å². The zero-order chi connectivity index (χ0) is 29.0. The Kier molecular flexibility index (Phi) is 5.99. The summed E-state index contributed by atoms with van der Waals surface area (Å²) in [5.41, 5.74) is -0.629. The molecule has 0 heterocycles. The van der Waals surface area contributed by atoms with Gasteiger partial charge in [0.25, 0.3) is 0 Å². The van der Waals surface area contributed by atoms with E-state index in [-0.39, 0.29) is 62.8 Å². The molecule has 1 N–H and O–H groups in total. The quantitative estimate of drug-likeness (QED) is 0.387. The number of hydrogen-bond acceptors (Lipinski definition) is 3. The highest BCUT2D eigenvalue weighted by Gasteiger charge is 2.70. The number of allylic oxidation sites excluding steroid dienone is 4. The Morgan fingerprint density at radius 2 is 1.64 bits per heavy atom. The number of urea groups is 1. The van der Waals surface area contributed by atoms with Crippen molar-refractivity contribution in [1.82, 2.24) is 10.2 Å². The molecule has 0 aromatic rings. The van der Waals surface area contributed by atoms with Gasteiger partial charge in [0.2, 0.25) is 5.70 Å². The van der Waals surface area contributed by atoms with Crippen molar-refractivity contribution < 1.29 is 14.4 Å². The number of hydrogen-bond donors (Lipinski definition) is 1. The highest BCUT2D eigenvalue weighted by Crippen LogP contribution is 2.73. The number of ketones is 2. The minimum Gasteiger partial charge on any atom is -0.332 e. The lowest BCUT2D eigenvalue weighted by Crippen LogP contribution is -2.70. The lowest BCUT2D eigenvalue weighted by molar-refractivity contribution is -0.160. The molecule has 39 heavy (non-hydrogen) atoms. The van der Waals surface area contributed by atoms with Crippen LogP contribution in [0.1, 0.15) is 93.4 Å². The second-order valence-corrected chi connectivity index (χ2v) is 15.7. The number of fused-ring (bicyclic) bond motifs is 7. The van der Waals surface area contributed by atoms with E-state index < -0.39 is 10.8 Å². The largest absolute Gasteiger partial charge is 0.332 e. The Morgan fingerprint density at radius 3 is 2.26 bits per heavy atom. The van der Waals surface area contributed by atoms with Crippen molar-refractivity contribution in [2.24, 2.45) is 44.8 Å². The second-order valence-electron chi connectivity index (χ2n) is 15.7. The topological polar surface area (TPSA) is 70.8 Å². The third kappa shape index (κ3) is 3.60. The number of amides is 2. The van der Waals surface area contributed by atoms with Crippen molar-refractivity contribution in [2.75, 3.05) is 14.1 Å². The molecule has 0 radical (unpaired) electrons. The third-order valence-corrected chi connectivity index (χ3v) is 12.6. The van der Waals surface area contributed by atoms with Crippen molar-refractivity contribution in [3.8, 4) is 0 Å². The van der Waals surface area contributed by atoms with Gasteiger partial charge < -0.3 is 15.0 Å². The molecule has 0 spiro atoms. The number of Topliss-reactive ketones (excluding diaryl/α,β-unsaturated/α-hetero) is 1. The first-order valence-electron chi connectivity index (χ1n) is 14.8. The number of nitrogens with zero attached hydrogens (tertiary/aromatic N) is 2. The van der Waals surface area contributed by atoms with Crippen LogP contribution in [0.15, 0.2) is 23.4 Å². The van der Waals surface area contributed by atoms with Crippen LogP contribution in [0.3, 0.4) is 0 Å². The average molecular weight is 534 g/mol. The van der Waals surface area contributed by atoms with Crippen molar-refractivity contribution >= 4 is 17.6 Å². The van der Waals surface area contributed by atoms with Gasteiger partial charge in [-0.3, -0.25) is 4.79 Å². The molecule has 0 saturated heterocycles. The summed E-state index contributed by atoms with van der Waals surface area (Å²) in [7, 11) is 3.56. The molecular formula is C33H47N3O3. The molecule has 0 bridgehead atoms. The molecular weight excluding hydrogens is 486 g/mol. The van der Waals surface area contributed by atoms with Crippen LogP contribution in [0.25, 0.3) is 4.85 Å². The molecule has 6 nitrogen and oxygen atoms in total. The van der Waals surface area contributed by atoms with E-state index in [1.807, 2.05) is 26.0 Å². The molecule has 0 aliphatic heterocycles. The molecule has 3 saturated carbocycles. The average Bonchev–Trinajstić information content (AvgIpc) is 2.83. The van der Waals surface area contributed by atoms with E-state index in [9.17, 15) is 14.4 Å². The standard InChI is InChI=1S/C33H47N3O3/c1-28(2)13-15-33(35-27(39)36(9)10)16-14-32(7)25(20(33)18-28)22(37)17-24-30(5)19-21(34-8)26(38)29(3,4)23(30)11-12-31(24,32)6/h17,19-20,23,25H,11-16,18H2,1-7,9-10H3,(H,35,39)/t20?,23-,25?,30-,31+,32+,33-/m0/s1. The summed E-state index contributed by atoms with van der Waals surface area (Å²) in [4.78, 5) is 46.1. The summed E-state index contributed by atoms with van der Waals surface area (Å²) in [6, 6.07) is -0.0760. The predicted molar refractivity (Wildman–Crippen MR) is 152 cm³/mol. The molecule has 212 valence electrons. The second kappa shape index (κ2) is 8.30. The summed E-state index contributed by atoms with van der Waals surface area (Å²) in [6.07, 6.45) is 10.2. The Morgan fingerprint density at radius 1 is 1.00 bits per heavy atom.